The van der Waals surface area contributed by atoms with Crippen molar-refractivity contribution in [1.82, 2.24) is 4.90 Å². The van der Waals surface area contributed by atoms with Crippen molar-refractivity contribution >= 4 is 17.7 Å². The zero-order chi connectivity index (χ0) is 11.8. The van der Waals surface area contributed by atoms with E-state index in [2.05, 4.69) is 0 Å². The zero-order valence-electron chi connectivity index (χ0n) is 10.2. The fraction of sp³-hybridized carbons (Fsp3) is 0.909. The van der Waals surface area contributed by atoms with Crippen molar-refractivity contribution in [2.45, 2.75) is 45.8 Å². The minimum atomic E-state index is -0.447. The largest absolute Gasteiger partial charge is 0.392 e. The van der Waals surface area contributed by atoms with Crippen LogP contribution in [0.5, 0.6) is 0 Å². The number of amides is 1. The van der Waals surface area contributed by atoms with Gasteiger partial charge in [-0.05, 0) is 39.2 Å². The van der Waals surface area contributed by atoms with Gasteiger partial charge in [-0.3, -0.25) is 4.79 Å². The summed E-state index contributed by atoms with van der Waals surface area (Å²) in [5, 5.41) is 9.29. The molecular formula is C11H23NO2S. The number of carbonyl (C=O) groups excluding carboxylic acids is 1. The van der Waals surface area contributed by atoms with Gasteiger partial charge in [0.15, 0.2) is 0 Å². The Kier molecular flexibility index (Phi) is 7.88. The van der Waals surface area contributed by atoms with E-state index in [1.165, 1.54) is 0 Å². The van der Waals surface area contributed by atoms with Crippen LogP contribution in [0.25, 0.3) is 0 Å². The smallest absolute Gasteiger partial charge is 0.222 e. The normalized spacial score (nSPS) is 12.9. The number of hydrogen-bond donors (Lipinski definition) is 1. The second kappa shape index (κ2) is 7.99. The Balaban J connectivity index is 4.05. The van der Waals surface area contributed by atoms with Gasteiger partial charge in [-0.2, -0.15) is 11.8 Å². The molecule has 3 nitrogen and oxygen atoms in total. The van der Waals surface area contributed by atoms with E-state index in [-0.39, 0.29) is 11.9 Å². The molecule has 90 valence electrons. The van der Waals surface area contributed by atoms with Crippen molar-refractivity contribution in [2.24, 2.45) is 0 Å². The van der Waals surface area contributed by atoms with E-state index in [1.54, 1.807) is 23.6 Å². The van der Waals surface area contributed by atoms with Gasteiger partial charge in [0.25, 0.3) is 0 Å². The maximum atomic E-state index is 11.8. The lowest BCUT2D eigenvalue weighted by Gasteiger charge is -2.28. The molecule has 0 aromatic heterocycles. The Hall–Kier alpha value is -0.220. The number of rotatable bonds is 7. The van der Waals surface area contributed by atoms with Crippen LogP contribution in [0.1, 0.15) is 33.6 Å². The second-order valence-corrected chi connectivity index (χ2v) is 5.07. The summed E-state index contributed by atoms with van der Waals surface area (Å²) in [6, 6.07) is 0.168. The van der Waals surface area contributed by atoms with Crippen LogP contribution in [0, 0.1) is 0 Å². The van der Waals surface area contributed by atoms with Gasteiger partial charge in [0.2, 0.25) is 5.91 Å². The monoisotopic (exact) mass is 233 g/mol. The van der Waals surface area contributed by atoms with Crippen molar-refractivity contribution in [2.75, 3.05) is 18.6 Å². The van der Waals surface area contributed by atoms with E-state index < -0.39 is 6.10 Å². The van der Waals surface area contributed by atoms with Crippen LogP contribution < -0.4 is 0 Å². The molecule has 0 saturated carbocycles. The summed E-state index contributed by atoms with van der Waals surface area (Å²) >= 11 is 1.76. The van der Waals surface area contributed by atoms with Gasteiger partial charge in [-0.15, -0.1) is 0 Å². The lowest BCUT2D eigenvalue weighted by atomic mass is 10.2. The van der Waals surface area contributed by atoms with Gasteiger partial charge in [0.1, 0.15) is 0 Å². The molecule has 0 aromatic rings. The Bertz CT molecular complexity index is 183. The van der Waals surface area contributed by atoms with Gasteiger partial charge < -0.3 is 10.0 Å². The molecule has 15 heavy (non-hydrogen) atoms. The summed E-state index contributed by atoms with van der Waals surface area (Å²) in [6.45, 7) is 6.12. The third kappa shape index (κ3) is 6.79. The minimum absolute atomic E-state index is 0.153. The van der Waals surface area contributed by atoms with Crippen LogP contribution >= 0.6 is 11.8 Å². The van der Waals surface area contributed by atoms with Crippen molar-refractivity contribution < 1.29 is 9.90 Å². The van der Waals surface area contributed by atoms with Crippen LogP contribution in [0.3, 0.4) is 0 Å². The number of hydrogen-bond acceptors (Lipinski definition) is 3. The molecule has 0 spiro atoms. The zero-order valence-corrected chi connectivity index (χ0v) is 11.0. The highest BCUT2D eigenvalue weighted by atomic mass is 32.2. The molecule has 0 saturated heterocycles. The predicted molar refractivity (Wildman–Crippen MR) is 66.1 cm³/mol. The molecule has 0 bridgehead atoms. The molecule has 0 radical (unpaired) electrons. The summed E-state index contributed by atoms with van der Waals surface area (Å²) in [4.78, 5) is 13.6. The quantitative estimate of drug-likeness (QED) is 0.681. The molecule has 1 amide bonds. The Labute approximate surface area is 97.2 Å². The SMILES string of the molecule is CSCCCC(=O)N(CC(C)O)C(C)C. The van der Waals surface area contributed by atoms with E-state index in [0.717, 1.165) is 12.2 Å². The van der Waals surface area contributed by atoms with Crippen LogP contribution in [0.2, 0.25) is 0 Å². The number of aliphatic hydroxyl groups excluding tert-OH is 1. The van der Waals surface area contributed by atoms with Crippen LogP contribution in [-0.2, 0) is 4.79 Å². The average Bonchev–Trinajstić information content (AvgIpc) is 2.13. The highest BCUT2D eigenvalue weighted by Crippen LogP contribution is 2.07. The molecule has 0 aliphatic heterocycles. The Morgan fingerprint density at radius 1 is 1.40 bits per heavy atom. The molecule has 1 unspecified atom stereocenters. The molecule has 0 fully saturated rings. The van der Waals surface area contributed by atoms with Crippen LogP contribution in [0.15, 0.2) is 0 Å². The lowest BCUT2D eigenvalue weighted by Crippen LogP contribution is -2.41. The highest BCUT2D eigenvalue weighted by Gasteiger charge is 2.17. The fourth-order valence-electron chi connectivity index (χ4n) is 1.40. The first kappa shape index (κ1) is 14.8. The number of thioether (sulfide) groups is 1. The number of nitrogens with zero attached hydrogens (tertiary/aromatic N) is 1. The topological polar surface area (TPSA) is 40.5 Å². The molecule has 1 N–H and O–H groups in total. The number of carbonyl (C=O) groups is 1. The summed E-state index contributed by atoms with van der Waals surface area (Å²) < 4.78 is 0. The molecule has 1 atom stereocenters. The van der Waals surface area contributed by atoms with E-state index in [4.69, 9.17) is 0 Å². The molecule has 0 aromatic carbocycles. The van der Waals surface area contributed by atoms with E-state index in [1.807, 2.05) is 20.1 Å². The van der Waals surface area contributed by atoms with Crippen LogP contribution in [-0.4, -0.2) is 46.6 Å². The molecule has 0 aliphatic rings. The summed E-state index contributed by atoms with van der Waals surface area (Å²) in [7, 11) is 0. The maximum Gasteiger partial charge on any atom is 0.222 e. The maximum absolute atomic E-state index is 11.8. The predicted octanol–water partition coefficient (Wildman–Crippen LogP) is 1.75. The third-order valence-corrected chi connectivity index (χ3v) is 2.84. The van der Waals surface area contributed by atoms with Crippen molar-refractivity contribution in [1.29, 1.82) is 0 Å². The fourth-order valence-corrected chi connectivity index (χ4v) is 1.83. The highest BCUT2D eigenvalue weighted by molar-refractivity contribution is 7.98. The average molecular weight is 233 g/mol. The third-order valence-electron chi connectivity index (χ3n) is 2.14. The minimum Gasteiger partial charge on any atom is -0.392 e. The molecular weight excluding hydrogens is 210 g/mol. The molecule has 0 heterocycles. The van der Waals surface area contributed by atoms with Gasteiger partial charge >= 0.3 is 0 Å². The lowest BCUT2D eigenvalue weighted by molar-refractivity contribution is -0.134. The first-order valence-corrected chi connectivity index (χ1v) is 6.84. The van der Waals surface area contributed by atoms with E-state index in [9.17, 15) is 9.90 Å². The Morgan fingerprint density at radius 3 is 2.40 bits per heavy atom. The van der Waals surface area contributed by atoms with E-state index >= 15 is 0 Å². The van der Waals surface area contributed by atoms with Crippen molar-refractivity contribution in [3.63, 3.8) is 0 Å². The summed E-state index contributed by atoms with van der Waals surface area (Å²) in [5.41, 5.74) is 0. The van der Waals surface area contributed by atoms with Crippen molar-refractivity contribution in [3.8, 4) is 0 Å². The molecule has 0 rings (SSSR count). The van der Waals surface area contributed by atoms with E-state index in [0.29, 0.717) is 13.0 Å². The van der Waals surface area contributed by atoms with Gasteiger partial charge in [0.05, 0.1) is 6.10 Å². The second-order valence-electron chi connectivity index (χ2n) is 4.09. The van der Waals surface area contributed by atoms with Gasteiger partial charge in [0, 0.05) is 19.0 Å². The number of aliphatic hydroxyl groups is 1. The Morgan fingerprint density at radius 2 is 2.00 bits per heavy atom. The van der Waals surface area contributed by atoms with Gasteiger partial charge in [-0.25, -0.2) is 0 Å². The first-order chi connectivity index (χ1) is 6.99. The first-order valence-electron chi connectivity index (χ1n) is 5.45. The standard InChI is InChI=1S/C11H23NO2S/c1-9(2)12(8-10(3)13)11(14)6-5-7-15-4/h9-10,13H,5-8H2,1-4H3. The molecule has 4 heteroatoms. The van der Waals surface area contributed by atoms with Crippen LogP contribution in [0.4, 0.5) is 0 Å². The summed E-state index contributed by atoms with van der Waals surface area (Å²) in [6.07, 6.45) is 3.10. The van der Waals surface area contributed by atoms with Gasteiger partial charge in [-0.1, -0.05) is 0 Å². The molecule has 0 aliphatic carbocycles. The summed E-state index contributed by atoms with van der Waals surface area (Å²) in [5.74, 6) is 1.17. The van der Waals surface area contributed by atoms with Crippen molar-refractivity contribution in [3.05, 3.63) is 0 Å².